The Balaban J connectivity index is 1.64. The highest BCUT2D eigenvalue weighted by Gasteiger charge is 2.24. The molecule has 2 aromatic carbocycles. The third-order valence-corrected chi connectivity index (χ3v) is 6.53. The van der Waals surface area contributed by atoms with Crippen molar-refractivity contribution in [1.29, 1.82) is 0 Å². The van der Waals surface area contributed by atoms with Crippen LogP contribution in [0.2, 0.25) is 0 Å². The van der Waals surface area contributed by atoms with E-state index in [-0.39, 0.29) is 10.7 Å². The summed E-state index contributed by atoms with van der Waals surface area (Å²) in [6.45, 7) is 1.15. The highest BCUT2D eigenvalue weighted by molar-refractivity contribution is 7.89. The van der Waals surface area contributed by atoms with E-state index < -0.39 is 10.0 Å². The molecule has 1 saturated heterocycles. The van der Waals surface area contributed by atoms with Gasteiger partial charge in [-0.15, -0.1) is 0 Å². The van der Waals surface area contributed by atoms with Gasteiger partial charge in [-0.3, -0.25) is 0 Å². The number of hydrogen-bond acceptors (Lipinski definition) is 3. The van der Waals surface area contributed by atoms with Crippen molar-refractivity contribution in [3.8, 4) is 0 Å². The molecule has 0 aromatic heterocycles. The molecule has 3 rings (SSSR count). The van der Waals surface area contributed by atoms with Crippen LogP contribution in [0, 0.1) is 5.82 Å². The zero-order valence-electron chi connectivity index (χ0n) is 14.8. The Morgan fingerprint density at radius 1 is 0.852 bits per heavy atom. The maximum absolute atomic E-state index is 12.9. The molecule has 0 unspecified atom stereocenters. The third-order valence-electron chi connectivity index (χ3n) is 4.42. The number of thiocarbonyl (C=S) groups is 1. The maximum Gasteiger partial charge on any atom is 0.243 e. The second-order valence-electron chi connectivity index (χ2n) is 6.43. The van der Waals surface area contributed by atoms with Crippen LogP contribution in [0.15, 0.2) is 53.4 Å². The lowest BCUT2D eigenvalue weighted by molar-refractivity contribution is 0.424. The molecule has 0 atom stereocenters. The van der Waals surface area contributed by atoms with E-state index in [4.69, 9.17) is 12.2 Å². The number of halogens is 1. The Hall–Kier alpha value is -2.03. The summed E-state index contributed by atoms with van der Waals surface area (Å²) < 4.78 is 40.1. The van der Waals surface area contributed by atoms with Crippen molar-refractivity contribution in [2.45, 2.75) is 30.6 Å². The minimum Gasteiger partial charge on any atom is -0.332 e. The van der Waals surface area contributed by atoms with Crippen LogP contribution in [0.5, 0.6) is 0 Å². The first-order valence-corrected chi connectivity index (χ1v) is 10.7. The zero-order valence-corrected chi connectivity index (χ0v) is 16.5. The van der Waals surface area contributed by atoms with Crippen LogP contribution in [0.1, 0.15) is 25.7 Å². The van der Waals surface area contributed by atoms with Gasteiger partial charge >= 0.3 is 0 Å². The van der Waals surface area contributed by atoms with Crippen molar-refractivity contribution in [2.75, 3.05) is 23.7 Å². The number of nitrogens with one attached hydrogen (secondary N) is 2. The summed E-state index contributed by atoms with van der Waals surface area (Å²) in [6.07, 6.45) is 3.96. The SMILES string of the molecule is O=S(=O)(c1ccc(NC(=S)Nc2ccc(F)cc2)cc1)N1CCCCCC1. The molecule has 0 spiro atoms. The minimum atomic E-state index is -3.46. The summed E-state index contributed by atoms with van der Waals surface area (Å²) in [5.41, 5.74) is 1.33. The topological polar surface area (TPSA) is 61.4 Å². The van der Waals surface area contributed by atoms with E-state index in [1.807, 2.05) is 0 Å². The fraction of sp³-hybridized carbons (Fsp3) is 0.316. The molecular weight excluding hydrogens is 385 g/mol. The fourth-order valence-corrected chi connectivity index (χ4v) is 4.72. The molecule has 1 heterocycles. The number of anilines is 2. The van der Waals surface area contributed by atoms with Crippen LogP contribution in [-0.4, -0.2) is 30.9 Å². The van der Waals surface area contributed by atoms with Crippen LogP contribution >= 0.6 is 12.2 Å². The van der Waals surface area contributed by atoms with Crippen LogP contribution in [0.4, 0.5) is 15.8 Å². The molecule has 144 valence electrons. The van der Waals surface area contributed by atoms with Crippen molar-refractivity contribution < 1.29 is 12.8 Å². The Bertz CT molecular complexity index is 876. The van der Waals surface area contributed by atoms with Gasteiger partial charge < -0.3 is 10.6 Å². The average Bonchev–Trinajstić information content (AvgIpc) is 2.94. The van der Waals surface area contributed by atoms with E-state index in [1.165, 1.54) is 12.1 Å². The van der Waals surface area contributed by atoms with Crippen LogP contribution in [0.3, 0.4) is 0 Å². The van der Waals surface area contributed by atoms with Gasteiger partial charge in [0.25, 0.3) is 0 Å². The predicted molar refractivity (Wildman–Crippen MR) is 110 cm³/mol. The molecule has 2 N–H and O–H groups in total. The second-order valence-corrected chi connectivity index (χ2v) is 8.77. The van der Waals surface area contributed by atoms with Crippen LogP contribution in [-0.2, 0) is 10.0 Å². The first kappa shape index (κ1) is 19.7. The lowest BCUT2D eigenvalue weighted by Gasteiger charge is -2.20. The molecule has 0 amide bonds. The van der Waals surface area contributed by atoms with Crippen molar-refractivity contribution >= 4 is 38.7 Å². The van der Waals surface area contributed by atoms with Crippen LogP contribution < -0.4 is 10.6 Å². The summed E-state index contributed by atoms with van der Waals surface area (Å²) >= 11 is 5.23. The van der Waals surface area contributed by atoms with Gasteiger partial charge in [-0.25, -0.2) is 12.8 Å². The van der Waals surface area contributed by atoms with Gasteiger partial charge in [0, 0.05) is 24.5 Å². The third kappa shape index (κ3) is 5.24. The monoisotopic (exact) mass is 407 g/mol. The lowest BCUT2D eigenvalue weighted by Crippen LogP contribution is -2.31. The summed E-state index contributed by atoms with van der Waals surface area (Å²) in [4.78, 5) is 0.285. The standard InChI is InChI=1S/C19H22FN3O2S2/c20-15-5-7-16(8-6-15)21-19(26)22-17-9-11-18(12-10-17)27(24,25)23-13-3-1-2-4-14-23/h5-12H,1-4,13-14H2,(H2,21,22,26). The molecule has 1 aliphatic rings. The fourth-order valence-electron chi connectivity index (χ4n) is 2.97. The van der Waals surface area contributed by atoms with Crippen molar-refractivity contribution in [3.63, 3.8) is 0 Å². The number of sulfonamides is 1. The number of rotatable bonds is 4. The predicted octanol–water partition coefficient (Wildman–Crippen LogP) is 4.20. The Labute approximate surface area is 164 Å². The van der Waals surface area contributed by atoms with Crippen LogP contribution in [0.25, 0.3) is 0 Å². The van der Waals surface area contributed by atoms with E-state index in [2.05, 4.69) is 10.6 Å². The zero-order chi connectivity index (χ0) is 19.3. The van der Waals surface area contributed by atoms with E-state index in [9.17, 15) is 12.8 Å². The maximum atomic E-state index is 12.9. The Morgan fingerprint density at radius 2 is 1.33 bits per heavy atom. The van der Waals surface area contributed by atoms with E-state index in [1.54, 1.807) is 40.7 Å². The summed E-state index contributed by atoms with van der Waals surface area (Å²) in [5.74, 6) is -0.319. The van der Waals surface area contributed by atoms with Gasteiger partial charge in [-0.05, 0) is 73.6 Å². The van der Waals surface area contributed by atoms with Gasteiger partial charge in [-0.2, -0.15) is 4.31 Å². The molecule has 1 fully saturated rings. The number of benzene rings is 2. The van der Waals surface area contributed by atoms with E-state index in [0.717, 1.165) is 25.7 Å². The number of hydrogen-bond donors (Lipinski definition) is 2. The van der Waals surface area contributed by atoms with E-state index >= 15 is 0 Å². The molecule has 27 heavy (non-hydrogen) atoms. The molecular formula is C19H22FN3O2S2. The number of nitrogens with zero attached hydrogens (tertiary/aromatic N) is 1. The molecule has 0 radical (unpaired) electrons. The highest BCUT2D eigenvalue weighted by Crippen LogP contribution is 2.22. The Morgan fingerprint density at radius 3 is 1.85 bits per heavy atom. The van der Waals surface area contributed by atoms with Crippen molar-refractivity contribution in [3.05, 3.63) is 54.3 Å². The lowest BCUT2D eigenvalue weighted by atomic mass is 10.2. The van der Waals surface area contributed by atoms with Gasteiger partial charge in [0.05, 0.1) is 4.90 Å². The van der Waals surface area contributed by atoms with E-state index in [0.29, 0.717) is 29.6 Å². The highest BCUT2D eigenvalue weighted by atomic mass is 32.2. The van der Waals surface area contributed by atoms with Crippen molar-refractivity contribution in [2.24, 2.45) is 0 Å². The quantitative estimate of drug-likeness (QED) is 0.744. The first-order valence-electron chi connectivity index (χ1n) is 8.89. The summed E-state index contributed by atoms with van der Waals surface area (Å²) in [6, 6.07) is 12.4. The van der Waals surface area contributed by atoms with Gasteiger partial charge in [0.1, 0.15) is 5.82 Å². The molecule has 2 aromatic rings. The smallest absolute Gasteiger partial charge is 0.243 e. The second kappa shape index (κ2) is 8.77. The molecule has 0 aliphatic carbocycles. The molecule has 1 aliphatic heterocycles. The minimum absolute atomic E-state index is 0.285. The largest absolute Gasteiger partial charge is 0.332 e. The molecule has 8 heteroatoms. The molecule has 5 nitrogen and oxygen atoms in total. The molecule has 0 bridgehead atoms. The average molecular weight is 408 g/mol. The normalized spacial score (nSPS) is 15.7. The van der Waals surface area contributed by atoms with Crippen molar-refractivity contribution in [1.82, 2.24) is 4.31 Å². The van der Waals surface area contributed by atoms with Gasteiger partial charge in [0.15, 0.2) is 5.11 Å². The van der Waals surface area contributed by atoms with Gasteiger partial charge in [-0.1, -0.05) is 12.8 Å². The molecule has 0 saturated carbocycles. The van der Waals surface area contributed by atoms with Gasteiger partial charge in [0.2, 0.25) is 10.0 Å². The first-order chi connectivity index (χ1) is 12.9. The Kier molecular flexibility index (Phi) is 6.41. The summed E-state index contributed by atoms with van der Waals surface area (Å²) in [5, 5.41) is 6.28. The summed E-state index contributed by atoms with van der Waals surface area (Å²) in [7, 11) is -3.46.